The van der Waals surface area contributed by atoms with Crippen molar-refractivity contribution in [2.24, 2.45) is 23.3 Å². The van der Waals surface area contributed by atoms with Crippen LogP contribution in [0.1, 0.15) is 94.6 Å². The second-order valence-corrected chi connectivity index (χ2v) is 14.1. The minimum absolute atomic E-state index is 0. The van der Waals surface area contributed by atoms with E-state index in [-0.39, 0.29) is 55.5 Å². The lowest BCUT2D eigenvalue weighted by Gasteiger charge is -2.24. The molecule has 0 aliphatic rings. The normalized spacial score (nSPS) is 12.3. The van der Waals surface area contributed by atoms with Gasteiger partial charge in [0.1, 0.15) is 22.7 Å². The van der Waals surface area contributed by atoms with E-state index in [1.54, 1.807) is 52.7 Å². The van der Waals surface area contributed by atoms with Crippen molar-refractivity contribution in [1.82, 2.24) is 38.7 Å². The van der Waals surface area contributed by atoms with Crippen molar-refractivity contribution in [3.63, 3.8) is 0 Å². The number of benzene rings is 2. The average molecular weight is 797 g/mol. The molecule has 0 aliphatic carbocycles. The van der Waals surface area contributed by atoms with Gasteiger partial charge in [-0.2, -0.15) is 10.2 Å². The van der Waals surface area contributed by atoms with E-state index < -0.39 is 23.6 Å². The van der Waals surface area contributed by atoms with Crippen LogP contribution in [0.25, 0.3) is 22.1 Å². The van der Waals surface area contributed by atoms with Crippen molar-refractivity contribution in [2.75, 3.05) is 23.8 Å². The maximum absolute atomic E-state index is 13.8. The summed E-state index contributed by atoms with van der Waals surface area (Å²) in [6.07, 6.45) is 0.340. The molecule has 4 aromatic heterocycles. The first kappa shape index (κ1) is 42.6. The van der Waals surface area contributed by atoms with Crippen molar-refractivity contribution in [1.29, 1.82) is 0 Å². The molecular formula is C40H52N12O6. The van der Waals surface area contributed by atoms with Gasteiger partial charge in [0.15, 0.2) is 0 Å². The van der Waals surface area contributed by atoms with Gasteiger partial charge >= 0.3 is 0 Å². The van der Waals surface area contributed by atoms with Crippen molar-refractivity contribution < 1.29 is 29.0 Å². The van der Waals surface area contributed by atoms with Gasteiger partial charge in [0.2, 0.25) is 23.7 Å². The van der Waals surface area contributed by atoms with Crippen LogP contribution in [0.15, 0.2) is 42.5 Å². The third-order valence-corrected chi connectivity index (χ3v) is 9.92. The molecule has 0 radical (unpaired) electrons. The van der Waals surface area contributed by atoms with Crippen LogP contribution in [0, 0.1) is 25.7 Å². The van der Waals surface area contributed by atoms with Gasteiger partial charge in [-0.1, -0.05) is 21.3 Å². The zero-order valence-electron chi connectivity index (χ0n) is 32.9. The van der Waals surface area contributed by atoms with E-state index in [0.717, 1.165) is 0 Å². The van der Waals surface area contributed by atoms with E-state index in [9.17, 15) is 24.3 Å². The maximum Gasteiger partial charge on any atom is 0.276 e. The number of hydrogen-bond acceptors (Lipinski definition) is 10. The lowest BCUT2D eigenvalue weighted by molar-refractivity contribution is 0.0992. The Morgan fingerprint density at radius 2 is 1.28 bits per heavy atom. The largest absolute Gasteiger partial charge is 0.491 e. The Kier molecular flexibility index (Phi) is 13.0. The van der Waals surface area contributed by atoms with Gasteiger partial charge in [0.25, 0.3) is 11.8 Å². The zero-order valence-corrected chi connectivity index (χ0v) is 32.9. The molecule has 0 saturated carbocycles. The number of carbonyl (C=O) groups is 4. The van der Waals surface area contributed by atoms with E-state index in [4.69, 9.17) is 26.2 Å². The molecule has 2 unspecified atom stereocenters. The molecule has 4 heterocycles. The van der Waals surface area contributed by atoms with Gasteiger partial charge < -0.3 is 30.4 Å². The van der Waals surface area contributed by atoms with Crippen LogP contribution in [0.2, 0.25) is 0 Å². The minimum atomic E-state index is -0.680. The van der Waals surface area contributed by atoms with Crippen LogP contribution in [0.3, 0.4) is 0 Å². The highest BCUT2D eigenvalue weighted by Crippen LogP contribution is 2.34. The smallest absolute Gasteiger partial charge is 0.276 e. The molecule has 2 aromatic carbocycles. The van der Waals surface area contributed by atoms with Crippen LogP contribution in [0.4, 0.5) is 11.9 Å². The molecule has 0 bridgehead atoms. The van der Waals surface area contributed by atoms with E-state index in [2.05, 4.69) is 27.8 Å². The molecule has 4 amide bonds. The molecule has 0 aliphatic heterocycles. The Morgan fingerprint density at radius 1 is 0.759 bits per heavy atom. The highest BCUT2D eigenvalue weighted by Gasteiger charge is 2.26. The number of aliphatic hydroxyl groups excluding tert-OH is 1. The third-order valence-electron chi connectivity index (χ3n) is 9.92. The first-order chi connectivity index (χ1) is 27.2. The molecule has 6 aromatic rings. The monoisotopic (exact) mass is 796 g/mol. The quantitative estimate of drug-likeness (QED) is 0.0809. The molecule has 0 fully saturated rings. The number of aromatic nitrogens is 8. The standard InChI is InChI=1S/C39H48N12O6.CH4/c1-7-50-30(14-23(5)46-50)36(55)44-38-42-27-16-25(34(40)53)10-11-29(27)48(38)19-21(3)22(4)20-49-33-28(17-26(35(41)54)18-32(33)57-13-9-12-52)43-39(49)45-37(56)31-15-24(6)47-51(31)8-2;/h10-11,14-18,21-22,52H,7-9,12-13,19-20H2,1-6H3,(H2,40,53)(H2,41,54)(H,42,44,55)(H,43,45,56);1H4. The van der Waals surface area contributed by atoms with Crippen LogP contribution < -0.4 is 26.8 Å². The maximum atomic E-state index is 13.8. The van der Waals surface area contributed by atoms with Gasteiger partial charge in [-0.15, -0.1) is 0 Å². The molecule has 308 valence electrons. The summed E-state index contributed by atoms with van der Waals surface area (Å²) in [6.45, 7) is 13.2. The van der Waals surface area contributed by atoms with E-state index in [0.29, 0.717) is 83.2 Å². The van der Waals surface area contributed by atoms with Gasteiger partial charge in [-0.3, -0.25) is 39.2 Å². The average Bonchev–Trinajstić information content (AvgIpc) is 3.93. The number of ether oxygens (including phenoxy) is 1. The summed E-state index contributed by atoms with van der Waals surface area (Å²) in [5, 5.41) is 24.2. The molecule has 7 N–H and O–H groups in total. The summed E-state index contributed by atoms with van der Waals surface area (Å²) in [4.78, 5) is 61.3. The number of rotatable bonds is 17. The Hall–Kier alpha value is -6.56. The number of imidazole rings is 2. The fourth-order valence-corrected chi connectivity index (χ4v) is 6.77. The fourth-order valence-electron chi connectivity index (χ4n) is 6.77. The van der Waals surface area contributed by atoms with Gasteiger partial charge in [-0.25, -0.2) is 9.97 Å². The number of primary amides is 2. The minimum Gasteiger partial charge on any atom is -0.491 e. The Morgan fingerprint density at radius 3 is 1.81 bits per heavy atom. The Bertz CT molecular complexity index is 2490. The highest BCUT2D eigenvalue weighted by molar-refractivity contribution is 6.05. The van der Waals surface area contributed by atoms with Crippen LogP contribution in [-0.4, -0.2) is 80.6 Å². The number of hydrogen-bond donors (Lipinski definition) is 5. The third kappa shape index (κ3) is 8.71. The van der Waals surface area contributed by atoms with Gasteiger partial charge in [0.05, 0.1) is 34.5 Å². The summed E-state index contributed by atoms with van der Waals surface area (Å²) in [5.74, 6) is -1.52. The Labute approximate surface area is 335 Å². The first-order valence-corrected chi connectivity index (χ1v) is 18.8. The molecule has 6 rings (SSSR count). The number of aryl methyl sites for hydroxylation is 4. The molecule has 18 nitrogen and oxygen atoms in total. The number of nitrogens with zero attached hydrogens (tertiary/aromatic N) is 8. The first-order valence-electron chi connectivity index (χ1n) is 18.8. The second kappa shape index (κ2) is 17.7. The number of anilines is 2. The summed E-state index contributed by atoms with van der Waals surface area (Å²) in [7, 11) is 0. The van der Waals surface area contributed by atoms with E-state index in [1.807, 2.05) is 36.8 Å². The molecule has 58 heavy (non-hydrogen) atoms. The second-order valence-electron chi connectivity index (χ2n) is 14.1. The molecule has 18 heteroatoms. The number of nitrogens with two attached hydrogens (primary N) is 2. The number of carbonyl (C=O) groups excluding carboxylic acids is 4. The van der Waals surface area contributed by atoms with Crippen molar-refractivity contribution >= 4 is 57.6 Å². The number of amides is 4. The number of aliphatic hydroxyl groups is 1. The molecular weight excluding hydrogens is 745 g/mol. The number of fused-ring (bicyclic) bond motifs is 2. The summed E-state index contributed by atoms with van der Waals surface area (Å²) >= 11 is 0. The summed E-state index contributed by atoms with van der Waals surface area (Å²) in [5.41, 5.74) is 15.9. The van der Waals surface area contributed by atoms with E-state index >= 15 is 0 Å². The summed E-state index contributed by atoms with van der Waals surface area (Å²) < 4.78 is 13.1. The van der Waals surface area contributed by atoms with E-state index in [1.165, 1.54) is 6.07 Å². The van der Waals surface area contributed by atoms with Gasteiger partial charge in [-0.05, 0) is 82.0 Å². The van der Waals surface area contributed by atoms with Crippen LogP contribution >= 0.6 is 0 Å². The lowest BCUT2D eigenvalue weighted by atomic mass is 9.95. The topological polar surface area (TPSA) is 245 Å². The molecule has 0 saturated heterocycles. The van der Waals surface area contributed by atoms with Crippen molar-refractivity contribution in [3.05, 3.63) is 76.4 Å². The zero-order chi connectivity index (χ0) is 41.1. The predicted molar refractivity (Wildman–Crippen MR) is 220 cm³/mol. The van der Waals surface area contributed by atoms with Crippen molar-refractivity contribution in [2.45, 2.75) is 81.6 Å². The highest BCUT2D eigenvalue weighted by atomic mass is 16.5. The number of nitrogens with one attached hydrogen (secondary N) is 2. The lowest BCUT2D eigenvalue weighted by Crippen LogP contribution is -2.25. The van der Waals surface area contributed by atoms with Crippen LogP contribution in [-0.2, 0) is 26.2 Å². The SMILES string of the molecule is C.CCn1nc(C)cc1C(=O)Nc1nc2cc(C(N)=O)ccc2n1CC(C)C(C)Cn1c(NC(=O)c2cc(C)nn2CC)nc2cc(C(N)=O)cc(OCCCO)c21. The molecule has 0 spiro atoms. The fraction of sp³-hybridized carbons (Fsp3) is 0.400. The van der Waals surface area contributed by atoms with Crippen LogP contribution in [0.5, 0.6) is 5.75 Å². The Balaban J connectivity index is 0.00000641. The van der Waals surface area contributed by atoms with Crippen molar-refractivity contribution in [3.8, 4) is 5.75 Å². The summed E-state index contributed by atoms with van der Waals surface area (Å²) in [6, 6.07) is 11.5. The predicted octanol–water partition coefficient (Wildman–Crippen LogP) is 4.51. The van der Waals surface area contributed by atoms with Gasteiger partial charge in [0, 0.05) is 50.3 Å². The molecule has 2 atom stereocenters.